The van der Waals surface area contributed by atoms with Crippen LogP contribution in [0.1, 0.15) is 15.9 Å². The smallest absolute Gasteiger partial charge is 0.402 e. The number of nitrogens with one attached hydrogen (secondary N) is 2. The van der Waals surface area contributed by atoms with Crippen molar-refractivity contribution in [3.05, 3.63) is 29.3 Å². The standard InChI is InChI=1S/C10H11F3N2O4S/c1-6-2-3-7(9(16)17)4-8(6)15-20(18,19)14-5-10(11,12)13/h2-4,14-15H,5H2,1H3,(H,16,17). The summed E-state index contributed by atoms with van der Waals surface area (Å²) in [5.74, 6) is -1.28. The number of carboxylic acids is 1. The molecule has 0 aliphatic carbocycles. The van der Waals surface area contributed by atoms with Gasteiger partial charge in [0.1, 0.15) is 6.54 Å². The molecule has 1 aromatic rings. The Morgan fingerprint density at radius 2 is 1.95 bits per heavy atom. The van der Waals surface area contributed by atoms with Crippen molar-refractivity contribution in [1.29, 1.82) is 0 Å². The normalized spacial score (nSPS) is 12.2. The molecule has 1 aromatic carbocycles. The number of rotatable bonds is 5. The van der Waals surface area contributed by atoms with Gasteiger partial charge in [0.05, 0.1) is 11.3 Å². The van der Waals surface area contributed by atoms with Crippen LogP contribution in [0.25, 0.3) is 0 Å². The molecule has 0 atom stereocenters. The van der Waals surface area contributed by atoms with E-state index in [1.54, 1.807) is 0 Å². The zero-order valence-corrected chi connectivity index (χ0v) is 11.0. The van der Waals surface area contributed by atoms with Gasteiger partial charge in [-0.3, -0.25) is 4.72 Å². The first-order valence-electron chi connectivity index (χ1n) is 5.18. The van der Waals surface area contributed by atoms with Crippen molar-refractivity contribution in [2.75, 3.05) is 11.3 Å². The van der Waals surface area contributed by atoms with Crippen molar-refractivity contribution < 1.29 is 31.5 Å². The van der Waals surface area contributed by atoms with Gasteiger partial charge < -0.3 is 5.11 Å². The molecule has 6 nitrogen and oxygen atoms in total. The van der Waals surface area contributed by atoms with E-state index in [1.807, 2.05) is 4.72 Å². The molecule has 0 unspecified atom stereocenters. The summed E-state index contributed by atoms with van der Waals surface area (Å²) in [6.07, 6.45) is -4.69. The molecule has 112 valence electrons. The van der Waals surface area contributed by atoms with E-state index in [0.29, 0.717) is 5.56 Å². The van der Waals surface area contributed by atoms with Crippen LogP contribution < -0.4 is 9.44 Å². The molecule has 0 amide bonds. The summed E-state index contributed by atoms with van der Waals surface area (Å²) in [5, 5.41) is 8.77. The van der Waals surface area contributed by atoms with Gasteiger partial charge in [-0.2, -0.15) is 26.3 Å². The third-order valence-corrected chi connectivity index (χ3v) is 3.20. The van der Waals surface area contributed by atoms with Gasteiger partial charge in [-0.05, 0) is 24.6 Å². The highest BCUT2D eigenvalue weighted by Gasteiger charge is 2.29. The van der Waals surface area contributed by atoms with E-state index in [2.05, 4.69) is 0 Å². The van der Waals surface area contributed by atoms with E-state index >= 15 is 0 Å². The Balaban J connectivity index is 2.92. The van der Waals surface area contributed by atoms with Gasteiger partial charge >= 0.3 is 12.1 Å². The summed E-state index contributed by atoms with van der Waals surface area (Å²) in [5.41, 5.74) is 0.0658. The summed E-state index contributed by atoms with van der Waals surface area (Å²) >= 11 is 0. The number of carboxylic acid groups (broad SMARTS) is 1. The molecule has 0 aliphatic rings. The topological polar surface area (TPSA) is 95.5 Å². The largest absolute Gasteiger partial charge is 0.478 e. The van der Waals surface area contributed by atoms with Gasteiger partial charge in [-0.1, -0.05) is 6.07 Å². The molecule has 0 spiro atoms. The first-order valence-corrected chi connectivity index (χ1v) is 6.66. The maximum Gasteiger partial charge on any atom is 0.402 e. The molecule has 3 N–H and O–H groups in total. The van der Waals surface area contributed by atoms with Crippen LogP contribution in [0.3, 0.4) is 0 Å². The monoisotopic (exact) mass is 312 g/mol. The molecule has 0 saturated heterocycles. The number of halogens is 3. The molecular weight excluding hydrogens is 301 g/mol. The molecular formula is C10H11F3N2O4S. The van der Waals surface area contributed by atoms with Gasteiger partial charge in [0, 0.05) is 0 Å². The molecule has 0 fully saturated rings. The Hall–Kier alpha value is -1.81. The molecule has 0 saturated carbocycles. The van der Waals surface area contributed by atoms with Gasteiger partial charge in [0.15, 0.2) is 0 Å². The highest BCUT2D eigenvalue weighted by Crippen LogP contribution is 2.18. The summed E-state index contributed by atoms with van der Waals surface area (Å²) < 4.78 is 61.8. The molecule has 0 aliphatic heterocycles. The van der Waals surface area contributed by atoms with Crippen molar-refractivity contribution in [3.63, 3.8) is 0 Å². The fourth-order valence-corrected chi connectivity index (χ4v) is 2.16. The van der Waals surface area contributed by atoms with E-state index < -0.39 is 28.9 Å². The van der Waals surface area contributed by atoms with Crippen LogP contribution in [-0.4, -0.2) is 32.2 Å². The predicted octanol–water partition coefficient (Wildman–Crippen LogP) is 1.50. The third kappa shape index (κ3) is 5.05. The molecule has 0 bridgehead atoms. The number of hydrogen-bond acceptors (Lipinski definition) is 3. The minimum atomic E-state index is -4.69. The highest BCUT2D eigenvalue weighted by molar-refractivity contribution is 7.90. The van der Waals surface area contributed by atoms with E-state index in [4.69, 9.17) is 5.11 Å². The van der Waals surface area contributed by atoms with Gasteiger partial charge in [-0.15, -0.1) is 0 Å². The van der Waals surface area contributed by atoms with E-state index in [9.17, 15) is 26.4 Å². The van der Waals surface area contributed by atoms with Crippen LogP contribution in [0.2, 0.25) is 0 Å². The van der Waals surface area contributed by atoms with Gasteiger partial charge in [0.2, 0.25) is 0 Å². The lowest BCUT2D eigenvalue weighted by molar-refractivity contribution is -0.121. The third-order valence-electron chi connectivity index (χ3n) is 2.19. The number of carbonyl (C=O) groups is 1. The Kier molecular flexibility index (Phi) is 4.61. The zero-order valence-electron chi connectivity index (χ0n) is 10.2. The summed E-state index contributed by atoms with van der Waals surface area (Å²) in [4.78, 5) is 10.7. The first kappa shape index (κ1) is 16.2. The van der Waals surface area contributed by atoms with Crippen LogP contribution in [-0.2, 0) is 10.2 Å². The summed E-state index contributed by atoms with van der Waals surface area (Å²) in [6, 6.07) is 3.61. The van der Waals surface area contributed by atoms with Gasteiger partial charge in [-0.25, -0.2) is 4.79 Å². The number of aryl methyl sites for hydroxylation is 1. The van der Waals surface area contributed by atoms with Crippen molar-refractivity contribution in [2.24, 2.45) is 0 Å². The lowest BCUT2D eigenvalue weighted by atomic mass is 10.1. The van der Waals surface area contributed by atoms with Crippen molar-refractivity contribution in [3.8, 4) is 0 Å². The predicted molar refractivity (Wildman–Crippen MR) is 64.7 cm³/mol. The number of aromatic carboxylic acids is 1. The number of benzene rings is 1. The quantitative estimate of drug-likeness (QED) is 0.768. The Labute approximate surface area is 112 Å². The average molecular weight is 312 g/mol. The van der Waals surface area contributed by atoms with E-state index in [1.165, 1.54) is 23.8 Å². The van der Waals surface area contributed by atoms with Crippen molar-refractivity contribution in [2.45, 2.75) is 13.1 Å². The summed E-state index contributed by atoms with van der Waals surface area (Å²) in [7, 11) is -4.45. The van der Waals surface area contributed by atoms with E-state index in [0.717, 1.165) is 6.07 Å². The molecule has 0 heterocycles. The first-order chi connectivity index (χ1) is 9.00. The number of alkyl halides is 3. The minimum absolute atomic E-state index is 0.112. The van der Waals surface area contributed by atoms with Crippen LogP contribution >= 0.6 is 0 Å². The maximum atomic E-state index is 11.9. The zero-order chi connectivity index (χ0) is 15.6. The molecule has 10 heteroatoms. The molecule has 0 aromatic heterocycles. The lowest BCUT2D eigenvalue weighted by Gasteiger charge is -2.13. The van der Waals surface area contributed by atoms with Crippen LogP contribution in [0.5, 0.6) is 0 Å². The van der Waals surface area contributed by atoms with Crippen molar-refractivity contribution >= 4 is 21.9 Å². The van der Waals surface area contributed by atoms with Gasteiger partial charge in [0.25, 0.3) is 10.2 Å². The second kappa shape index (κ2) is 5.67. The highest BCUT2D eigenvalue weighted by atomic mass is 32.2. The second-order valence-corrected chi connectivity index (χ2v) is 5.38. The maximum absolute atomic E-state index is 11.9. The fourth-order valence-electron chi connectivity index (χ4n) is 1.22. The second-order valence-electron chi connectivity index (χ2n) is 3.88. The lowest BCUT2D eigenvalue weighted by Crippen LogP contribution is -2.37. The van der Waals surface area contributed by atoms with Crippen molar-refractivity contribution in [1.82, 2.24) is 4.72 Å². The van der Waals surface area contributed by atoms with E-state index in [-0.39, 0.29) is 11.3 Å². The van der Waals surface area contributed by atoms with Crippen LogP contribution in [0, 0.1) is 6.92 Å². The number of anilines is 1. The average Bonchev–Trinajstić information content (AvgIpc) is 2.28. The SMILES string of the molecule is Cc1ccc(C(=O)O)cc1NS(=O)(=O)NCC(F)(F)F. The Morgan fingerprint density at radius 1 is 1.35 bits per heavy atom. The van der Waals surface area contributed by atoms with Crippen LogP contribution in [0.4, 0.5) is 18.9 Å². The molecule has 1 rings (SSSR count). The Morgan fingerprint density at radius 3 is 2.45 bits per heavy atom. The Bertz CT molecular complexity index is 613. The number of hydrogen-bond donors (Lipinski definition) is 3. The molecule has 0 radical (unpaired) electrons. The van der Waals surface area contributed by atoms with Crippen LogP contribution in [0.15, 0.2) is 18.2 Å². The fraction of sp³-hybridized carbons (Fsp3) is 0.300. The summed E-state index contributed by atoms with van der Waals surface area (Å²) in [6.45, 7) is -0.243. The minimum Gasteiger partial charge on any atom is -0.478 e. The molecule has 20 heavy (non-hydrogen) atoms.